The van der Waals surface area contributed by atoms with Crippen molar-refractivity contribution >= 4 is 17.5 Å². The summed E-state index contributed by atoms with van der Waals surface area (Å²) in [5.74, 6) is 2.01. The minimum atomic E-state index is -0.0220. The molecule has 0 saturated heterocycles. The Morgan fingerprint density at radius 2 is 2.22 bits per heavy atom. The van der Waals surface area contributed by atoms with Gasteiger partial charge in [-0.3, -0.25) is 9.78 Å². The summed E-state index contributed by atoms with van der Waals surface area (Å²) in [4.78, 5) is 28.7. The lowest BCUT2D eigenvalue weighted by Gasteiger charge is -2.29. The summed E-state index contributed by atoms with van der Waals surface area (Å²) in [6, 6.07) is 6.15. The van der Waals surface area contributed by atoms with E-state index in [-0.39, 0.29) is 17.8 Å². The molecule has 0 radical (unpaired) electrons. The van der Waals surface area contributed by atoms with E-state index in [0.29, 0.717) is 6.61 Å². The van der Waals surface area contributed by atoms with Gasteiger partial charge in [0.1, 0.15) is 6.61 Å². The number of carbonyl (C=O) groups excluding carboxylic acids is 2. The lowest BCUT2D eigenvalue weighted by molar-refractivity contribution is -0.119. The molecular formula is C21H21N3O3. The van der Waals surface area contributed by atoms with Gasteiger partial charge < -0.3 is 15.0 Å². The summed E-state index contributed by atoms with van der Waals surface area (Å²) in [5.41, 5.74) is 6.46. The normalized spacial score (nSPS) is 18.1. The van der Waals surface area contributed by atoms with Crippen LogP contribution in [-0.2, 0) is 27.4 Å². The minimum Gasteiger partial charge on any atom is -0.466 e. The van der Waals surface area contributed by atoms with Gasteiger partial charge in [0.05, 0.1) is 11.7 Å². The van der Waals surface area contributed by atoms with Crippen LogP contribution in [0.25, 0.3) is 11.1 Å². The molecule has 1 N–H and O–H groups in total. The fourth-order valence-corrected chi connectivity index (χ4v) is 4.01. The van der Waals surface area contributed by atoms with E-state index in [1.54, 1.807) is 18.9 Å². The number of aromatic nitrogens is 1. The molecule has 2 aliphatic rings. The monoisotopic (exact) mass is 363 g/mol. The van der Waals surface area contributed by atoms with Gasteiger partial charge in [-0.05, 0) is 48.1 Å². The quantitative estimate of drug-likeness (QED) is 0.831. The van der Waals surface area contributed by atoms with Gasteiger partial charge in [-0.2, -0.15) is 0 Å². The smallest absolute Gasteiger partial charge is 0.282 e. The third kappa shape index (κ3) is 3.09. The number of ether oxygens (including phenoxy) is 1. The summed E-state index contributed by atoms with van der Waals surface area (Å²) in [5, 5.41) is 3.04. The van der Waals surface area contributed by atoms with Gasteiger partial charge in [-0.25, -0.2) is 4.79 Å². The molecule has 4 rings (SSSR count). The molecule has 27 heavy (non-hydrogen) atoms. The lowest BCUT2D eigenvalue weighted by Crippen LogP contribution is -2.29. The van der Waals surface area contributed by atoms with E-state index in [1.165, 1.54) is 5.56 Å². The van der Waals surface area contributed by atoms with E-state index >= 15 is 0 Å². The Labute approximate surface area is 157 Å². The minimum absolute atomic E-state index is 0.0195. The average molecular weight is 363 g/mol. The molecule has 0 fully saturated rings. The highest BCUT2D eigenvalue weighted by atomic mass is 16.5. The maximum Gasteiger partial charge on any atom is 0.282 e. The van der Waals surface area contributed by atoms with Crippen molar-refractivity contribution in [1.82, 2.24) is 10.3 Å². The molecule has 0 bridgehead atoms. The Hall–Kier alpha value is -3.11. The van der Waals surface area contributed by atoms with E-state index in [4.69, 9.17) is 4.74 Å². The number of hydrogen-bond acceptors (Lipinski definition) is 5. The molecule has 1 aliphatic heterocycles. The van der Waals surface area contributed by atoms with Crippen LogP contribution in [0.15, 0.2) is 36.5 Å². The SMILES string of the molecule is CC(=O)NC1CCCc2c(-c3ccc4c(c3)COC(=C=O)N4C)cncc21. The highest BCUT2D eigenvalue weighted by molar-refractivity contribution is 5.76. The van der Waals surface area contributed by atoms with Gasteiger partial charge in [0, 0.05) is 37.5 Å². The molecule has 2 aromatic rings. The molecule has 1 amide bonds. The standard InChI is InChI=1S/C21H21N3O3/c1-13(26)23-19-5-3-4-16-17(9-22-10-18(16)19)14-6-7-20-15(8-14)12-27-21(11-25)24(20)2/h6-10,19H,3-5,12H2,1-2H3,(H,23,26). The number of carbonyl (C=O) groups is 1. The molecule has 1 aromatic heterocycles. The summed E-state index contributed by atoms with van der Waals surface area (Å²) in [6.45, 7) is 1.89. The van der Waals surface area contributed by atoms with E-state index < -0.39 is 0 Å². The Kier molecular flexibility index (Phi) is 4.42. The fourth-order valence-electron chi connectivity index (χ4n) is 4.01. The number of nitrogens with zero attached hydrogens (tertiary/aromatic N) is 2. The highest BCUT2D eigenvalue weighted by Gasteiger charge is 2.25. The van der Waals surface area contributed by atoms with Crippen LogP contribution < -0.4 is 10.2 Å². The molecular weight excluding hydrogens is 342 g/mol. The molecule has 1 atom stereocenters. The number of pyridine rings is 1. The second-order valence-electron chi connectivity index (χ2n) is 7.00. The Balaban J connectivity index is 1.75. The van der Waals surface area contributed by atoms with Gasteiger partial charge in [-0.1, -0.05) is 6.07 Å². The maximum absolute atomic E-state index is 11.5. The third-order valence-corrected chi connectivity index (χ3v) is 5.27. The fraction of sp³-hybridized carbons (Fsp3) is 0.333. The Morgan fingerprint density at radius 1 is 1.37 bits per heavy atom. The zero-order chi connectivity index (χ0) is 19.0. The van der Waals surface area contributed by atoms with Gasteiger partial charge in [-0.15, -0.1) is 0 Å². The van der Waals surface area contributed by atoms with Crippen molar-refractivity contribution in [3.05, 3.63) is 53.2 Å². The van der Waals surface area contributed by atoms with Crippen molar-refractivity contribution in [2.24, 2.45) is 0 Å². The Morgan fingerprint density at radius 3 is 3.00 bits per heavy atom. The summed E-state index contributed by atoms with van der Waals surface area (Å²) < 4.78 is 5.49. The number of amides is 1. The average Bonchev–Trinajstić information content (AvgIpc) is 2.67. The van der Waals surface area contributed by atoms with Crippen LogP contribution in [0, 0.1) is 0 Å². The number of rotatable bonds is 2. The molecule has 0 saturated carbocycles. The number of nitrogens with one attached hydrogen (secondary N) is 1. The number of anilines is 1. The van der Waals surface area contributed by atoms with E-state index in [2.05, 4.69) is 16.4 Å². The van der Waals surface area contributed by atoms with Crippen LogP contribution in [0.2, 0.25) is 0 Å². The van der Waals surface area contributed by atoms with Gasteiger partial charge in [0.2, 0.25) is 5.91 Å². The summed E-state index contributed by atoms with van der Waals surface area (Å²) >= 11 is 0. The van der Waals surface area contributed by atoms with Crippen molar-refractivity contribution < 1.29 is 14.3 Å². The van der Waals surface area contributed by atoms with Crippen molar-refractivity contribution in [3.63, 3.8) is 0 Å². The van der Waals surface area contributed by atoms with Crippen LogP contribution in [0.5, 0.6) is 0 Å². The molecule has 1 aromatic carbocycles. The summed E-state index contributed by atoms with van der Waals surface area (Å²) in [7, 11) is 1.79. The van der Waals surface area contributed by atoms with Crippen molar-refractivity contribution in [3.8, 4) is 11.1 Å². The van der Waals surface area contributed by atoms with E-state index in [0.717, 1.165) is 47.2 Å². The first kappa shape index (κ1) is 17.3. The Bertz CT molecular complexity index is 963. The first-order valence-corrected chi connectivity index (χ1v) is 9.07. The first-order valence-electron chi connectivity index (χ1n) is 9.07. The largest absolute Gasteiger partial charge is 0.466 e. The molecule has 6 heteroatoms. The van der Waals surface area contributed by atoms with E-state index in [9.17, 15) is 9.59 Å². The van der Waals surface area contributed by atoms with Crippen LogP contribution >= 0.6 is 0 Å². The zero-order valence-electron chi connectivity index (χ0n) is 15.4. The zero-order valence-corrected chi connectivity index (χ0v) is 15.4. The summed E-state index contributed by atoms with van der Waals surface area (Å²) in [6.07, 6.45) is 6.69. The second kappa shape index (κ2) is 6.89. The topological polar surface area (TPSA) is 71.5 Å². The van der Waals surface area contributed by atoms with Crippen LogP contribution in [0.3, 0.4) is 0 Å². The van der Waals surface area contributed by atoms with Crippen molar-refractivity contribution in [2.45, 2.75) is 38.8 Å². The molecule has 1 aliphatic carbocycles. The van der Waals surface area contributed by atoms with Gasteiger partial charge in [0.15, 0.2) is 5.94 Å². The molecule has 1 unspecified atom stereocenters. The third-order valence-electron chi connectivity index (χ3n) is 5.27. The number of benzene rings is 1. The molecule has 0 spiro atoms. The lowest BCUT2D eigenvalue weighted by atomic mass is 9.84. The number of hydrogen-bond donors (Lipinski definition) is 1. The first-order chi connectivity index (χ1) is 13.1. The van der Waals surface area contributed by atoms with Crippen LogP contribution in [0.4, 0.5) is 5.69 Å². The molecule has 6 nitrogen and oxygen atoms in total. The van der Waals surface area contributed by atoms with Crippen molar-refractivity contribution in [2.75, 3.05) is 11.9 Å². The number of fused-ring (bicyclic) bond motifs is 2. The van der Waals surface area contributed by atoms with Crippen LogP contribution in [-0.4, -0.2) is 23.9 Å². The maximum atomic E-state index is 11.5. The molecule has 2 heterocycles. The second-order valence-corrected chi connectivity index (χ2v) is 7.00. The predicted octanol–water partition coefficient (Wildman–Crippen LogP) is 2.90. The highest BCUT2D eigenvalue weighted by Crippen LogP contribution is 2.38. The van der Waals surface area contributed by atoms with Gasteiger partial charge in [0.25, 0.3) is 5.88 Å². The molecule has 138 valence electrons. The van der Waals surface area contributed by atoms with E-state index in [1.807, 2.05) is 30.5 Å². The van der Waals surface area contributed by atoms with Gasteiger partial charge >= 0.3 is 0 Å². The van der Waals surface area contributed by atoms with Crippen LogP contribution in [0.1, 0.15) is 42.5 Å². The van der Waals surface area contributed by atoms with Crippen molar-refractivity contribution in [1.29, 1.82) is 0 Å². The predicted molar refractivity (Wildman–Crippen MR) is 102 cm³/mol.